The summed E-state index contributed by atoms with van der Waals surface area (Å²) in [4.78, 5) is 13.1. The number of ether oxygens (including phenoxy) is 1. The Morgan fingerprint density at radius 2 is 1.87 bits per heavy atom. The van der Waals surface area contributed by atoms with Crippen molar-refractivity contribution in [1.29, 1.82) is 0 Å². The van der Waals surface area contributed by atoms with Crippen molar-refractivity contribution in [2.75, 3.05) is 44.7 Å². The molecule has 0 radical (unpaired) electrons. The molecular formula is C18H22N4O. The van der Waals surface area contributed by atoms with Crippen molar-refractivity contribution in [2.45, 2.75) is 0 Å². The summed E-state index contributed by atoms with van der Waals surface area (Å²) in [6, 6.07) is 12.3. The molecular weight excluding hydrogens is 288 g/mol. The van der Waals surface area contributed by atoms with Crippen LogP contribution < -0.4 is 9.64 Å². The number of benzene rings is 1. The summed E-state index contributed by atoms with van der Waals surface area (Å²) >= 11 is 0. The van der Waals surface area contributed by atoms with Crippen molar-refractivity contribution in [3.05, 3.63) is 54.4 Å². The number of rotatable bonds is 5. The summed E-state index contributed by atoms with van der Waals surface area (Å²) in [5, 5.41) is 0. The predicted molar refractivity (Wildman–Crippen MR) is 92.7 cm³/mol. The lowest BCUT2D eigenvalue weighted by Gasteiger charge is -2.34. The van der Waals surface area contributed by atoms with Gasteiger partial charge in [-0.05, 0) is 5.56 Å². The van der Waals surface area contributed by atoms with Crippen molar-refractivity contribution in [3.8, 4) is 5.88 Å². The highest BCUT2D eigenvalue weighted by Gasteiger charge is 2.17. The smallest absolute Gasteiger partial charge is 0.218 e. The Labute approximate surface area is 137 Å². The van der Waals surface area contributed by atoms with E-state index in [1.807, 2.05) is 12.1 Å². The molecule has 1 aliphatic rings. The Morgan fingerprint density at radius 3 is 2.61 bits per heavy atom. The molecule has 0 N–H and O–H groups in total. The van der Waals surface area contributed by atoms with Gasteiger partial charge in [0.1, 0.15) is 12.1 Å². The van der Waals surface area contributed by atoms with Gasteiger partial charge in [0.05, 0.1) is 7.11 Å². The molecule has 0 aliphatic carbocycles. The molecule has 0 saturated carbocycles. The number of piperazine rings is 1. The molecule has 1 aliphatic heterocycles. The van der Waals surface area contributed by atoms with Crippen LogP contribution >= 0.6 is 0 Å². The molecule has 0 bridgehead atoms. The van der Waals surface area contributed by atoms with E-state index in [0.29, 0.717) is 5.88 Å². The minimum absolute atomic E-state index is 0.614. The number of hydrogen-bond donors (Lipinski definition) is 0. The van der Waals surface area contributed by atoms with E-state index in [1.54, 1.807) is 13.4 Å². The van der Waals surface area contributed by atoms with Crippen LogP contribution in [0.2, 0.25) is 0 Å². The lowest BCUT2D eigenvalue weighted by atomic mass is 10.2. The van der Waals surface area contributed by atoms with Gasteiger partial charge < -0.3 is 9.64 Å². The van der Waals surface area contributed by atoms with E-state index < -0.39 is 0 Å². The summed E-state index contributed by atoms with van der Waals surface area (Å²) in [5.74, 6) is 1.56. The first-order valence-electron chi connectivity index (χ1n) is 7.90. The Bertz CT molecular complexity index is 636. The SMILES string of the molecule is COc1cc(N2CCN(CC=Cc3ccccc3)CC2)ncn1. The molecule has 1 aromatic carbocycles. The molecule has 5 heteroatoms. The number of aromatic nitrogens is 2. The minimum Gasteiger partial charge on any atom is -0.481 e. The highest BCUT2D eigenvalue weighted by molar-refractivity contribution is 5.48. The van der Waals surface area contributed by atoms with Crippen molar-refractivity contribution in [1.82, 2.24) is 14.9 Å². The largest absolute Gasteiger partial charge is 0.481 e. The standard InChI is InChI=1S/C18H22N4O/c1-23-18-14-17(19-15-20-18)22-12-10-21(11-13-22)9-5-8-16-6-3-2-4-7-16/h2-8,14-15H,9-13H2,1H3. The van der Waals surface area contributed by atoms with Crippen LogP contribution in [0.3, 0.4) is 0 Å². The van der Waals surface area contributed by atoms with Crippen LogP contribution in [0.15, 0.2) is 48.8 Å². The van der Waals surface area contributed by atoms with Crippen LogP contribution in [0.25, 0.3) is 6.08 Å². The topological polar surface area (TPSA) is 41.5 Å². The zero-order valence-electron chi connectivity index (χ0n) is 13.4. The Kier molecular flexibility index (Phi) is 5.21. The van der Waals surface area contributed by atoms with E-state index in [4.69, 9.17) is 4.74 Å². The molecule has 23 heavy (non-hydrogen) atoms. The molecule has 0 spiro atoms. The van der Waals surface area contributed by atoms with E-state index >= 15 is 0 Å². The molecule has 1 aromatic heterocycles. The molecule has 3 rings (SSSR count). The zero-order valence-corrected chi connectivity index (χ0v) is 13.4. The van der Waals surface area contributed by atoms with Gasteiger partial charge in [-0.3, -0.25) is 4.90 Å². The molecule has 0 unspecified atom stereocenters. The third kappa shape index (κ3) is 4.29. The summed E-state index contributed by atoms with van der Waals surface area (Å²) in [6.07, 6.45) is 5.98. The fourth-order valence-electron chi connectivity index (χ4n) is 2.68. The van der Waals surface area contributed by atoms with E-state index in [-0.39, 0.29) is 0 Å². The molecule has 5 nitrogen and oxygen atoms in total. The third-order valence-corrected chi connectivity index (χ3v) is 4.01. The predicted octanol–water partition coefficient (Wildman–Crippen LogP) is 2.32. The van der Waals surface area contributed by atoms with E-state index in [0.717, 1.165) is 38.5 Å². The first-order valence-corrected chi connectivity index (χ1v) is 7.90. The molecule has 1 fully saturated rings. The van der Waals surface area contributed by atoms with Gasteiger partial charge in [0.15, 0.2) is 0 Å². The van der Waals surface area contributed by atoms with Crippen LogP contribution in [0.5, 0.6) is 5.88 Å². The molecule has 1 saturated heterocycles. The fourth-order valence-corrected chi connectivity index (χ4v) is 2.68. The van der Waals surface area contributed by atoms with E-state index in [1.165, 1.54) is 5.56 Å². The number of methoxy groups -OCH3 is 1. The van der Waals surface area contributed by atoms with Crippen LogP contribution in [0, 0.1) is 0 Å². The van der Waals surface area contributed by atoms with Crippen molar-refractivity contribution < 1.29 is 4.74 Å². The molecule has 2 heterocycles. The number of hydrogen-bond acceptors (Lipinski definition) is 5. The monoisotopic (exact) mass is 310 g/mol. The molecule has 120 valence electrons. The maximum absolute atomic E-state index is 5.16. The average Bonchev–Trinajstić information content (AvgIpc) is 2.63. The zero-order chi connectivity index (χ0) is 15.9. The van der Waals surface area contributed by atoms with E-state index in [9.17, 15) is 0 Å². The van der Waals surface area contributed by atoms with Gasteiger partial charge in [-0.2, -0.15) is 0 Å². The van der Waals surface area contributed by atoms with Gasteiger partial charge >= 0.3 is 0 Å². The van der Waals surface area contributed by atoms with Crippen molar-refractivity contribution >= 4 is 11.9 Å². The summed E-state index contributed by atoms with van der Waals surface area (Å²) < 4.78 is 5.16. The van der Waals surface area contributed by atoms with Gasteiger partial charge in [-0.1, -0.05) is 42.5 Å². The molecule has 0 amide bonds. The second-order valence-electron chi connectivity index (χ2n) is 5.52. The fraction of sp³-hybridized carbons (Fsp3) is 0.333. The Morgan fingerprint density at radius 1 is 1.09 bits per heavy atom. The lowest BCUT2D eigenvalue weighted by Crippen LogP contribution is -2.46. The summed E-state index contributed by atoms with van der Waals surface area (Å²) in [7, 11) is 1.63. The van der Waals surface area contributed by atoms with Crippen LogP contribution in [-0.2, 0) is 0 Å². The highest BCUT2D eigenvalue weighted by Crippen LogP contribution is 2.17. The maximum atomic E-state index is 5.16. The van der Waals surface area contributed by atoms with Crippen LogP contribution in [-0.4, -0.2) is 54.7 Å². The van der Waals surface area contributed by atoms with Gasteiger partial charge in [0.2, 0.25) is 5.88 Å². The second kappa shape index (κ2) is 7.74. The van der Waals surface area contributed by atoms with Crippen LogP contribution in [0.4, 0.5) is 5.82 Å². The lowest BCUT2D eigenvalue weighted by molar-refractivity contribution is 0.283. The third-order valence-electron chi connectivity index (χ3n) is 4.01. The maximum Gasteiger partial charge on any atom is 0.218 e. The number of nitrogens with zero attached hydrogens (tertiary/aromatic N) is 4. The van der Waals surface area contributed by atoms with Crippen LogP contribution in [0.1, 0.15) is 5.56 Å². The molecule has 2 aromatic rings. The van der Waals surface area contributed by atoms with Gasteiger partial charge in [0, 0.05) is 38.8 Å². The van der Waals surface area contributed by atoms with Gasteiger partial charge in [0.25, 0.3) is 0 Å². The summed E-state index contributed by atoms with van der Waals surface area (Å²) in [6.45, 7) is 4.99. The van der Waals surface area contributed by atoms with Crippen molar-refractivity contribution in [2.24, 2.45) is 0 Å². The Hall–Kier alpha value is -2.40. The molecule has 0 atom stereocenters. The highest BCUT2D eigenvalue weighted by atomic mass is 16.5. The van der Waals surface area contributed by atoms with Gasteiger partial charge in [-0.15, -0.1) is 0 Å². The average molecular weight is 310 g/mol. The Balaban J connectivity index is 1.49. The van der Waals surface area contributed by atoms with E-state index in [2.05, 4.69) is 56.2 Å². The second-order valence-corrected chi connectivity index (χ2v) is 5.52. The minimum atomic E-state index is 0.614. The normalized spacial score (nSPS) is 16.0. The first-order chi connectivity index (χ1) is 11.3. The quantitative estimate of drug-likeness (QED) is 0.848. The number of anilines is 1. The van der Waals surface area contributed by atoms with Gasteiger partial charge in [-0.25, -0.2) is 9.97 Å². The summed E-state index contributed by atoms with van der Waals surface area (Å²) in [5.41, 5.74) is 1.25. The first kappa shape index (κ1) is 15.5. The van der Waals surface area contributed by atoms with Crippen molar-refractivity contribution in [3.63, 3.8) is 0 Å².